The first-order valence-corrected chi connectivity index (χ1v) is 105. The van der Waals surface area contributed by atoms with Crippen LogP contribution in [0.2, 0.25) is 200 Å². The van der Waals surface area contributed by atoms with Crippen LogP contribution in [0, 0.1) is 0 Å². The summed E-state index contributed by atoms with van der Waals surface area (Å²) in [7, 11) is -14.2. The molecule has 0 unspecified atom stereocenters. The lowest BCUT2D eigenvalue weighted by Crippen LogP contribution is -2.25. The molecular weight excluding hydrogens is 2140 g/mol. The topological polar surface area (TPSA) is 0 Å². The molecule has 0 N–H and O–H groups in total. The van der Waals surface area contributed by atoms with Crippen LogP contribution in [0.5, 0.6) is 0 Å². The van der Waals surface area contributed by atoms with Crippen LogP contribution in [-0.2, 0) is 0 Å². The van der Waals surface area contributed by atoms with E-state index < -0.39 is 81.2 Å². The third-order valence-electron chi connectivity index (χ3n) is 30.2. The van der Waals surface area contributed by atoms with E-state index in [2.05, 4.69) is 228 Å². The monoisotopic (exact) mass is 2410 g/mol. The van der Waals surface area contributed by atoms with E-state index in [0.29, 0.717) is 0 Å². The third-order valence-corrected chi connectivity index (χ3v) is 90.8. The minimum Gasteiger partial charge on any atom is -0.168 e. The second-order valence-electron chi connectivity index (χ2n) is 44.9. The molecule has 0 spiro atoms. The molecule has 0 aliphatic carbocycles. The van der Waals surface area contributed by atoms with Gasteiger partial charge in [-0.15, -0.1) is 0 Å². The van der Waals surface area contributed by atoms with Crippen LogP contribution in [-0.4, -0.2) is 81.2 Å². The molecule has 0 radical (unpaired) electrons. The molecule has 0 aliphatic rings. The van der Waals surface area contributed by atoms with Gasteiger partial charge in [0.25, 0.3) is 0 Å². The zero-order chi connectivity index (χ0) is 111. The Morgan fingerprint density at radius 3 is 0.310 bits per heavy atom. The van der Waals surface area contributed by atoms with Gasteiger partial charge in [-0.2, -0.15) is 122 Å². The molecule has 0 nitrogen and oxygen atoms in total. The van der Waals surface area contributed by atoms with Gasteiger partial charge in [-0.05, 0) is 187 Å². The molecule has 0 amide bonds. The highest BCUT2D eigenvalue weighted by molar-refractivity contribution is 7.24. The normalized spacial score (nSPS) is 12.0. The molecule has 0 atom stereocenters. The van der Waals surface area contributed by atoms with E-state index in [1.165, 1.54) is 547 Å². The minimum absolute atomic E-state index is 1.24. The summed E-state index contributed by atoms with van der Waals surface area (Å²) in [4.78, 5) is 0. The number of halogens is 11. The first-order chi connectivity index (χ1) is 67.4. The Balaban J connectivity index is -0.000000148. The Hall–Kier alpha value is 5.58. The highest BCUT2D eigenvalue weighted by Crippen LogP contribution is 2.38. The molecule has 0 saturated heterocycles. The van der Waals surface area contributed by atoms with Gasteiger partial charge < -0.3 is 0 Å². The van der Waals surface area contributed by atoms with Crippen LogP contribution >= 0.6 is 122 Å². The van der Waals surface area contributed by atoms with Gasteiger partial charge in [0.15, 0.2) is 73.8 Å². The Kier molecular flexibility index (Phi) is 148. The standard InChI is InChI=1S/C14H31ClSi.C13H29ClSi.2C12H27ClSi.2C11H25ClSi.3C10H23ClSi.C9H21ClSi.C8H19ClSi/c1-4-7-8-9-10-11-14-16(15,12-5-2)13-6-3;1-4-7-8-9-10-13-15(14,11-5-2)12-6-3;1-4-7-8-9-10-11-12-14(13,5-2)6-3;1-4-7-8-9-12-14(13,10-5-2)11-6-3;1-4-7-8-9-10-11-13(12,5-2)6-3;1-4-7-8-11-13(12,9-5-2)10-6-3;1-4-5-6-7-8-9-10-12(2,3)11;1-4-7-8-9-10-12(11,5-2)6-3;1-4-7-10-12(11,8-5-2)9-6-3;1-4-7-8-9-11(10,5-2)6-3;1-4-7-8-10(9,5-2)6-3/h4-14H2,1-3H3;4-13H2,1-3H3;2*4-12H2,1-3H3;2*4-11H2,1-3H3;3*4-10H2,1-3H3;4-9H2,1-3H3;4-8H2,1-3H3. The van der Waals surface area contributed by atoms with Crippen molar-refractivity contribution in [2.24, 2.45) is 0 Å². The lowest BCUT2D eigenvalue weighted by Gasteiger charge is -2.23. The molecule has 22 heteroatoms. The lowest BCUT2D eigenvalue weighted by atomic mass is 10.1. The molecule has 142 heavy (non-hydrogen) atoms. The van der Waals surface area contributed by atoms with Crippen LogP contribution < -0.4 is 0 Å². The van der Waals surface area contributed by atoms with Gasteiger partial charge in [0.1, 0.15) is 7.38 Å². The molecule has 0 rings (SSSR count). The van der Waals surface area contributed by atoms with E-state index in [1.54, 1.807) is 0 Å². The lowest BCUT2D eigenvalue weighted by molar-refractivity contribution is 0.622. The zero-order valence-electron chi connectivity index (χ0n) is 104. The van der Waals surface area contributed by atoms with Gasteiger partial charge in [0.2, 0.25) is 0 Å². The van der Waals surface area contributed by atoms with Gasteiger partial charge in [-0.3, -0.25) is 0 Å². The molecule has 0 fully saturated rings. The number of hydrogen-bond acceptors (Lipinski definition) is 0. The van der Waals surface area contributed by atoms with E-state index in [0.717, 1.165) is 0 Å². The summed E-state index contributed by atoms with van der Waals surface area (Å²) in [5.74, 6) is 0. The fraction of sp³-hybridized carbons (Fsp3) is 1.00. The summed E-state index contributed by atoms with van der Waals surface area (Å²) in [5.41, 5.74) is 0. The summed E-state index contributed by atoms with van der Waals surface area (Å²) in [6, 6.07) is 40.5. The van der Waals surface area contributed by atoms with Crippen LogP contribution in [0.4, 0.5) is 0 Å². The second-order valence-corrected chi connectivity index (χ2v) is 116. The Bertz CT molecular complexity index is 2250. The number of hydrogen-bond donors (Lipinski definition) is 0. The Labute approximate surface area is 968 Å². The molecule has 874 valence electrons. The summed E-state index contributed by atoms with van der Waals surface area (Å²) in [6.45, 7) is 74.5. The van der Waals surface area contributed by atoms with Gasteiger partial charge in [0.05, 0.1) is 0 Å². The summed E-state index contributed by atoms with van der Waals surface area (Å²) in [6.07, 6.45) is 76.1. The van der Waals surface area contributed by atoms with Crippen LogP contribution in [0.3, 0.4) is 0 Å². The van der Waals surface area contributed by atoms with E-state index >= 15 is 0 Å². The van der Waals surface area contributed by atoms with E-state index in [4.69, 9.17) is 122 Å². The summed E-state index contributed by atoms with van der Waals surface area (Å²) >= 11 is 72.5. The first-order valence-electron chi connectivity index (χ1n) is 64.0. The van der Waals surface area contributed by atoms with Crippen LogP contribution in [0.25, 0.3) is 0 Å². The number of rotatable bonds is 87. The fourth-order valence-corrected chi connectivity index (χ4v) is 58.3. The largest absolute Gasteiger partial charge is 0.168 e. The quantitative estimate of drug-likeness (QED) is 0.0323. The highest BCUT2D eigenvalue weighted by Gasteiger charge is 2.34. The maximum Gasteiger partial charge on any atom is 0.156 e. The minimum atomic E-state index is -1.35. The molecule has 0 aliphatic heterocycles. The zero-order valence-corrected chi connectivity index (χ0v) is 123. The van der Waals surface area contributed by atoms with Gasteiger partial charge >= 0.3 is 0 Å². The predicted molar refractivity (Wildman–Crippen MR) is 723 cm³/mol. The Morgan fingerprint density at radius 1 is 0.0915 bits per heavy atom. The number of unbranched alkanes of at least 4 members (excludes halogenated alkanes) is 35. The molecule has 0 aromatic carbocycles. The van der Waals surface area contributed by atoms with Crippen molar-refractivity contribution >= 4 is 203 Å². The van der Waals surface area contributed by atoms with Crippen molar-refractivity contribution in [3.63, 3.8) is 0 Å². The molecule has 0 bridgehead atoms. The average molecular weight is 2420 g/mol. The molecule has 0 aromatic heterocycles. The van der Waals surface area contributed by atoms with Gasteiger partial charge in [-0.25, -0.2) is 0 Å². The van der Waals surface area contributed by atoms with Crippen molar-refractivity contribution in [3.05, 3.63) is 0 Å². The highest BCUT2D eigenvalue weighted by atomic mass is 35.6. The SMILES string of the molecule is CCCCCCCC[Si](C)(C)Cl.CCCCCCCC[Si](Cl)(CC)CC.CCCCCCCC[Si](Cl)(CCC)CCC.CCCCCCC[Si](Cl)(CC)CC.CCCCCCC[Si](Cl)(CCC)CCC.CCCCCC[Si](Cl)(CC)CC.CCCCCC[Si](Cl)(CCC)CCC.CCCCC[Si](Cl)(CC)CC.CCCCC[Si](Cl)(CCC)CCC.CCCC[Si](Cl)(CC)CC.CCCC[Si](Cl)(CCC)CCC. The van der Waals surface area contributed by atoms with Crippen molar-refractivity contribution in [1.29, 1.82) is 0 Å². The van der Waals surface area contributed by atoms with Crippen molar-refractivity contribution in [2.75, 3.05) is 0 Å². The van der Waals surface area contributed by atoms with E-state index in [-0.39, 0.29) is 0 Å². The van der Waals surface area contributed by atoms with Crippen LogP contribution in [0.1, 0.15) is 574 Å². The van der Waals surface area contributed by atoms with Crippen molar-refractivity contribution in [3.8, 4) is 0 Å². The van der Waals surface area contributed by atoms with Gasteiger partial charge in [0, 0.05) is 0 Å². The van der Waals surface area contributed by atoms with Crippen molar-refractivity contribution in [2.45, 2.75) is 775 Å². The van der Waals surface area contributed by atoms with Crippen LogP contribution in [0.15, 0.2) is 0 Å². The third kappa shape index (κ3) is 127. The van der Waals surface area contributed by atoms with E-state index in [9.17, 15) is 0 Å². The van der Waals surface area contributed by atoms with Crippen molar-refractivity contribution in [1.82, 2.24) is 0 Å². The second kappa shape index (κ2) is 124. The van der Waals surface area contributed by atoms with Crippen molar-refractivity contribution < 1.29 is 0 Å². The predicted octanol–water partition coefficient (Wildman–Crippen LogP) is 56.6. The van der Waals surface area contributed by atoms with E-state index in [1.807, 2.05) is 0 Å². The van der Waals surface area contributed by atoms with Gasteiger partial charge in [-0.1, -0.05) is 587 Å². The Morgan fingerprint density at radius 2 is 0.183 bits per heavy atom. The fourth-order valence-electron chi connectivity index (χ4n) is 19.3. The first kappa shape index (κ1) is 170. The maximum absolute atomic E-state index is 6.82. The molecule has 0 saturated carbocycles. The molecule has 0 heterocycles. The summed E-state index contributed by atoms with van der Waals surface area (Å²) < 4.78 is 0. The molecular formula is C120H273Cl11Si11. The summed E-state index contributed by atoms with van der Waals surface area (Å²) in [5, 5.41) is 0. The maximum atomic E-state index is 6.82. The smallest absolute Gasteiger partial charge is 0.156 e. The molecule has 0 aromatic rings. The average Bonchev–Trinajstić information content (AvgIpc) is 0.918.